The molecule has 0 N–H and O–H groups in total. The summed E-state index contributed by atoms with van der Waals surface area (Å²) in [5, 5.41) is 0. The molecular formula is C17H23N3O2. The van der Waals surface area contributed by atoms with Gasteiger partial charge in [-0.15, -0.1) is 0 Å². The van der Waals surface area contributed by atoms with Crippen LogP contribution in [-0.2, 0) is 17.8 Å². The van der Waals surface area contributed by atoms with Crippen LogP contribution in [-0.4, -0.2) is 33.4 Å². The molecule has 3 aliphatic rings. The summed E-state index contributed by atoms with van der Waals surface area (Å²) >= 11 is 0. The Hall–Kier alpha value is -1.65. The standard InChI is InChI=1S/C17H23N3O2/c1-11-8-13(11)17(22)19-6-2-4-12(10-19)14-9-16(21)18-15-5-3-7-20(14)15/h9,11-13H,2-8,10H2,1H3/t11-,12+,13+/m1/s1. The third-order valence-corrected chi connectivity index (χ3v) is 5.49. The van der Waals surface area contributed by atoms with Gasteiger partial charge in [0.1, 0.15) is 5.82 Å². The van der Waals surface area contributed by atoms with Crippen molar-refractivity contribution in [3.63, 3.8) is 0 Å². The molecule has 1 aromatic heterocycles. The molecule has 5 nitrogen and oxygen atoms in total. The zero-order valence-electron chi connectivity index (χ0n) is 13.1. The topological polar surface area (TPSA) is 55.2 Å². The summed E-state index contributed by atoms with van der Waals surface area (Å²) in [7, 11) is 0. The summed E-state index contributed by atoms with van der Waals surface area (Å²) in [5.74, 6) is 2.36. The minimum absolute atomic E-state index is 0.123. The molecule has 2 aliphatic heterocycles. The fourth-order valence-electron chi connectivity index (χ4n) is 4.08. The first kappa shape index (κ1) is 14.0. The third kappa shape index (κ3) is 2.36. The van der Waals surface area contributed by atoms with E-state index in [1.54, 1.807) is 6.07 Å². The zero-order chi connectivity index (χ0) is 15.3. The minimum Gasteiger partial charge on any atom is -0.342 e. The van der Waals surface area contributed by atoms with Crippen LogP contribution in [0.4, 0.5) is 0 Å². The van der Waals surface area contributed by atoms with E-state index in [0.717, 1.165) is 63.3 Å². The van der Waals surface area contributed by atoms with Crippen molar-refractivity contribution >= 4 is 5.91 Å². The molecule has 22 heavy (non-hydrogen) atoms. The van der Waals surface area contributed by atoms with Crippen molar-refractivity contribution < 1.29 is 4.79 Å². The van der Waals surface area contributed by atoms with E-state index in [-0.39, 0.29) is 11.5 Å². The lowest BCUT2D eigenvalue weighted by Crippen LogP contribution is -2.41. The van der Waals surface area contributed by atoms with Crippen molar-refractivity contribution in [3.8, 4) is 0 Å². The van der Waals surface area contributed by atoms with Crippen molar-refractivity contribution in [1.29, 1.82) is 0 Å². The van der Waals surface area contributed by atoms with Gasteiger partial charge >= 0.3 is 0 Å². The first-order chi connectivity index (χ1) is 10.6. The number of nitrogens with zero attached hydrogens (tertiary/aromatic N) is 3. The lowest BCUT2D eigenvalue weighted by Gasteiger charge is -2.34. The fourth-order valence-corrected chi connectivity index (χ4v) is 4.08. The highest BCUT2D eigenvalue weighted by atomic mass is 16.2. The van der Waals surface area contributed by atoms with Crippen LogP contribution in [0.2, 0.25) is 0 Å². The molecule has 0 bridgehead atoms. The SMILES string of the molecule is C[C@@H]1C[C@@H]1C(=O)N1CCC[C@H](c2cc(=O)nc3n2CCC3)C1. The van der Waals surface area contributed by atoms with Crippen LogP contribution in [0.3, 0.4) is 0 Å². The highest BCUT2D eigenvalue weighted by Crippen LogP contribution is 2.40. The molecule has 4 rings (SSSR count). The Bertz CT molecular complexity index is 666. The monoisotopic (exact) mass is 301 g/mol. The number of carbonyl (C=O) groups is 1. The zero-order valence-corrected chi connectivity index (χ0v) is 13.1. The van der Waals surface area contributed by atoms with E-state index in [4.69, 9.17) is 0 Å². The molecule has 5 heteroatoms. The highest BCUT2D eigenvalue weighted by molar-refractivity contribution is 5.81. The minimum atomic E-state index is -0.123. The molecule has 1 saturated heterocycles. The normalized spacial score (nSPS) is 30.2. The van der Waals surface area contributed by atoms with Crippen LogP contribution in [0, 0.1) is 11.8 Å². The van der Waals surface area contributed by atoms with Crippen molar-refractivity contribution in [3.05, 3.63) is 27.9 Å². The lowest BCUT2D eigenvalue weighted by molar-refractivity contribution is -0.134. The molecule has 0 unspecified atom stereocenters. The van der Waals surface area contributed by atoms with Gasteiger partial charge in [0, 0.05) is 49.7 Å². The summed E-state index contributed by atoms with van der Waals surface area (Å²) in [4.78, 5) is 30.5. The number of piperidine rings is 1. The Morgan fingerprint density at radius 3 is 2.91 bits per heavy atom. The Morgan fingerprint density at radius 2 is 2.14 bits per heavy atom. The Labute approximate surface area is 130 Å². The molecule has 3 atom stereocenters. The number of hydrogen-bond donors (Lipinski definition) is 0. The summed E-state index contributed by atoms with van der Waals surface area (Å²) in [5.41, 5.74) is 0.983. The second kappa shape index (κ2) is 5.21. The maximum absolute atomic E-state index is 12.5. The van der Waals surface area contributed by atoms with E-state index in [2.05, 4.69) is 16.5 Å². The van der Waals surface area contributed by atoms with Gasteiger partial charge in [0.15, 0.2) is 0 Å². The average Bonchev–Trinajstić information content (AvgIpc) is 3.06. The van der Waals surface area contributed by atoms with E-state index in [1.165, 1.54) is 0 Å². The van der Waals surface area contributed by atoms with Crippen molar-refractivity contribution in [1.82, 2.24) is 14.5 Å². The Balaban J connectivity index is 1.58. The number of aryl methyl sites for hydroxylation is 1. The quantitative estimate of drug-likeness (QED) is 0.833. The first-order valence-electron chi connectivity index (χ1n) is 8.53. The van der Waals surface area contributed by atoms with Gasteiger partial charge in [-0.1, -0.05) is 6.92 Å². The molecular weight excluding hydrogens is 278 g/mol. The van der Waals surface area contributed by atoms with Crippen molar-refractivity contribution in [2.24, 2.45) is 11.8 Å². The highest BCUT2D eigenvalue weighted by Gasteiger charge is 2.42. The molecule has 0 aromatic carbocycles. The second-order valence-electron chi connectivity index (χ2n) is 7.13. The Kier molecular flexibility index (Phi) is 3.31. The second-order valence-corrected chi connectivity index (χ2v) is 7.13. The van der Waals surface area contributed by atoms with Gasteiger partial charge < -0.3 is 9.47 Å². The summed E-state index contributed by atoms with van der Waals surface area (Å²) in [6.07, 6.45) is 5.11. The van der Waals surface area contributed by atoms with Gasteiger partial charge in [-0.05, 0) is 31.6 Å². The number of rotatable bonds is 2. The largest absolute Gasteiger partial charge is 0.342 e. The number of aromatic nitrogens is 2. The summed E-state index contributed by atoms with van der Waals surface area (Å²) < 4.78 is 2.22. The first-order valence-corrected chi connectivity index (χ1v) is 8.53. The van der Waals surface area contributed by atoms with Crippen LogP contribution in [0.5, 0.6) is 0 Å². The number of likely N-dealkylation sites (tertiary alicyclic amines) is 1. The van der Waals surface area contributed by atoms with Crippen molar-refractivity contribution in [2.45, 2.75) is 51.5 Å². The molecule has 2 fully saturated rings. The van der Waals surface area contributed by atoms with Gasteiger partial charge in [-0.25, -0.2) is 0 Å². The van der Waals surface area contributed by atoms with Gasteiger partial charge in [-0.3, -0.25) is 9.59 Å². The van der Waals surface area contributed by atoms with Crippen LogP contribution < -0.4 is 5.56 Å². The molecule has 0 radical (unpaired) electrons. The number of carbonyl (C=O) groups excluding carboxylic acids is 1. The number of hydrogen-bond acceptors (Lipinski definition) is 3. The predicted molar refractivity (Wildman–Crippen MR) is 82.6 cm³/mol. The van der Waals surface area contributed by atoms with Crippen LogP contribution in [0.1, 0.15) is 50.0 Å². The third-order valence-electron chi connectivity index (χ3n) is 5.49. The number of fused-ring (bicyclic) bond motifs is 1. The molecule has 1 saturated carbocycles. The molecule has 3 heterocycles. The van der Waals surface area contributed by atoms with E-state index in [9.17, 15) is 9.59 Å². The fraction of sp³-hybridized carbons (Fsp3) is 0.706. The van der Waals surface area contributed by atoms with Crippen molar-refractivity contribution in [2.75, 3.05) is 13.1 Å². The molecule has 118 valence electrons. The van der Waals surface area contributed by atoms with Gasteiger partial charge in [0.2, 0.25) is 5.91 Å². The van der Waals surface area contributed by atoms with Gasteiger partial charge in [-0.2, -0.15) is 4.98 Å². The molecule has 1 amide bonds. The summed E-state index contributed by atoms with van der Waals surface area (Å²) in [6, 6.07) is 1.70. The Morgan fingerprint density at radius 1 is 1.32 bits per heavy atom. The maximum Gasteiger partial charge on any atom is 0.273 e. The van der Waals surface area contributed by atoms with Crippen LogP contribution in [0.25, 0.3) is 0 Å². The summed E-state index contributed by atoms with van der Waals surface area (Å²) in [6.45, 7) is 4.76. The smallest absolute Gasteiger partial charge is 0.273 e. The van der Waals surface area contributed by atoms with Crippen LogP contribution in [0.15, 0.2) is 10.9 Å². The van der Waals surface area contributed by atoms with E-state index in [0.29, 0.717) is 17.7 Å². The van der Waals surface area contributed by atoms with Crippen LogP contribution >= 0.6 is 0 Å². The maximum atomic E-state index is 12.5. The lowest BCUT2D eigenvalue weighted by atomic mass is 9.93. The molecule has 1 aliphatic carbocycles. The van der Waals surface area contributed by atoms with E-state index < -0.39 is 0 Å². The van der Waals surface area contributed by atoms with Gasteiger partial charge in [0.25, 0.3) is 5.56 Å². The molecule has 1 aromatic rings. The predicted octanol–water partition coefficient (Wildman–Crippen LogP) is 1.55. The van der Waals surface area contributed by atoms with E-state index >= 15 is 0 Å². The average molecular weight is 301 g/mol. The van der Waals surface area contributed by atoms with Gasteiger partial charge in [0.05, 0.1) is 0 Å². The number of amides is 1. The van der Waals surface area contributed by atoms with E-state index in [1.807, 2.05) is 4.90 Å². The molecule has 0 spiro atoms.